The summed E-state index contributed by atoms with van der Waals surface area (Å²) < 4.78 is 0. The van der Waals surface area contributed by atoms with Gasteiger partial charge in [0.15, 0.2) is 0 Å². The number of fused-ring (bicyclic) bond motifs is 1. The highest BCUT2D eigenvalue weighted by atomic mass is 32.1. The topological polar surface area (TPSA) is 70.7 Å². The number of aromatic amines is 1. The first kappa shape index (κ1) is 15.5. The lowest BCUT2D eigenvalue weighted by Crippen LogP contribution is -2.24. The van der Waals surface area contributed by atoms with Crippen LogP contribution in [0.25, 0.3) is 21.6 Å². The molecule has 0 spiro atoms. The molecule has 0 aliphatic carbocycles. The number of carbonyl (C=O) groups excluding carboxylic acids is 1. The molecule has 4 aromatic rings. The second-order valence-corrected chi connectivity index (χ2v) is 6.55. The Morgan fingerprint density at radius 2 is 2.04 bits per heavy atom. The lowest BCUT2D eigenvalue weighted by Gasteiger charge is -2.02. The second-order valence-electron chi connectivity index (χ2n) is 5.69. The van der Waals surface area contributed by atoms with Gasteiger partial charge in [-0.15, -0.1) is 11.3 Å². The van der Waals surface area contributed by atoms with E-state index in [1.54, 1.807) is 6.20 Å². The van der Waals surface area contributed by atoms with E-state index in [0.717, 1.165) is 33.0 Å². The van der Waals surface area contributed by atoms with Crippen LogP contribution in [0, 0.1) is 0 Å². The number of pyridine rings is 1. The summed E-state index contributed by atoms with van der Waals surface area (Å²) in [6, 6.07) is 15.8. The molecule has 0 aliphatic rings. The van der Waals surface area contributed by atoms with Crippen molar-refractivity contribution in [2.75, 3.05) is 0 Å². The van der Waals surface area contributed by atoms with E-state index < -0.39 is 0 Å². The van der Waals surface area contributed by atoms with Crippen LogP contribution < -0.4 is 5.32 Å². The van der Waals surface area contributed by atoms with Crippen molar-refractivity contribution >= 4 is 28.1 Å². The quantitative estimate of drug-likeness (QED) is 0.579. The van der Waals surface area contributed by atoms with Gasteiger partial charge in [-0.1, -0.05) is 24.3 Å². The molecule has 0 saturated heterocycles. The normalized spacial score (nSPS) is 10.9. The molecule has 0 bridgehead atoms. The molecule has 3 aromatic heterocycles. The van der Waals surface area contributed by atoms with Gasteiger partial charge >= 0.3 is 0 Å². The first-order valence-corrected chi connectivity index (χ1v) is 8.85. The molecular formula is C19H16N4OS. The van der Waals surface area contributed by atoms with Crippen LogP contribution in [-0.2, 0) is 17.8 Å². The van der Waals surface area contributed by atoms with Crippen LogP contribution in [0.4, 0.5) is 0 Å². The lowest BCUT2D eigenvalue weighted by atomic mass is 10.2. The standard InChI is InChI=1S/C19H16N4OS/c24-18(21-11-14-9-13-5-1-2-6-16(13)22-14)10-15-12-25-19(23-15)17-7-3-4-8-20-17/h1-9,12,22H,10-11H2,(H,21,24). The lowest BCUT2D eigenvalue weighted by molar-refractivity contribution is -0.120. The van der Waals surface area contributed by atoms with E-state index in [1.807, 2.05) is 47.8 Å². The van der Waals surface area contributed by atoms with Crippen molar-refractivity contribution in [2.45, 2.75) is 13.0 Å². The van der Waals surface area contributed by atoms with Crippen molar-refractivity contribution < 1.29 is 4.79 Å². The number of amides is 1. The molecule has 4 rings (SSSR count). The van der Waals surface area contributed by atoms with Gasteiger partial charge in [0.25, 0.3) is 0 Å². The van der Waals surface area contributed by atoms with E-state index in [0.29, 0.717) is 6.54 Å². The highest BCUT2D eigenvalue weighted by Crippen LogP contribution is 2.21. The van der Waals surface area contributed by atoms with E-state index in [1.165, 1.54) is 11.3 Å². The maximum atomic E-state index is 12.2. The number of nitrogens with one attached hydrogen (secondary N) is 2. The molecule has 5 nitrogen and oxygen atoms in total. The minimum Gasteiger partial charge on any atom is -0.357 e. The number of benzene rings is 1. The van der Waals surface area contributed by atoms with E-state index in [-0.39, 0.29) is 12.3 Å². The molecule has 0 fully saturated rings. The largest absolute Gasteiger partial charge is 0.357 e. The summed E-state index contributed by atoms with van der Waals surface area (Å²) in [6.45, 7) is 0.477. The monoisotopic (exact) mass is 348 g/mol. The van der Waals surface area contributed by atoms with Gasteiger partial charge in [0.05, 0.1) is 24.4 Å². The van der Waals surface area contributed by atoms with Crippen LogP contribution in [0.15, 0.2) is 60.1 Å². The van der Waals surface area contributed by atoms with E-state index in [4.69, 9.17) is 0 Å². The summed E-state index contributed by atoms with van der Waals surface area (Å²) in [5.41, 5.74) is 3.66. The number of carbonyl (C=O) groups is 1. The van der Waals surface area contributed by atoms with Gasteiger partial charge < -0.3 is 10.3 Å². The van der Waals surface area contributed by atoms with Gasteiger partial charge in [-0.3, -0.25) is 9.78 Å². The average Bonchev–Trinajstić information content (AvgIpc) is 3.27. The zero-order valence-corrected chi connectivity index (χ0v) is 14.2. The highest BCUT2D eigenvalue weighted by Gasteiger charge is 2.10. The molecule has 0 atom stereocenters. The van der Waals surface area contributed by atoms with Crippen LogP contribution in [0.1, 0.15) is 11.4 Å². The molecule has 0 saturated carbocycles. The van der Waals surface area contributed by atoms with Crippen molar-refractivity contribution in [3.63, 3.8) is 0 Å². The van der Waals surface area contributed by atoms with E-state index >= 15 is 0 Å². The number of aromatic nitrogens is 3. The summed E-state index contributed by atoms with van der Waals surface area (Å²) in [4.78, 5) is 24.3. The third-order valence-corrected chi connectivity index (χ3v) is 4.75. The molecule has 1 aromatic carbocycles. The predicted octanol–water partition coefficient (Wildman–Crippen LogP) is 3.55. The third-order valence-electron chi connectivity index (χ3n) is 3.84. The minimum absolute atomic E-state index is 0.0449. The SMILES string of the molecule is O=C(Cc1csc(-c2ccccn2)n1)NCc1cc2ccccc2[nH]1. The van der Waals surface area contributed by atoms with E-state index in [2.05, 4.69) is 26.3 Å². The molecule has 25 heavy (non-hydrogen) atoms. The Kier molecular flexibility index (Phi) is 4.26. The van der Waals surface area contributed by atoms with Crippen molar-refractivity contribution in [2.24, 2.45) is 0 Å². The van der Waals surface area contributed by atoms with Crippen LogP contribution in [0.2, 0.25) is 0 Å². The van der Waals surface area contributed by atoms with Crippen LogP contribution in [0.3, 0.4) is 0 Å². The Bertz CT molecular complexity index is 973. The smallest absolute Gasteiger partial charge is 0.226 e. The summed E-state index contributed by atoms with van der Waals surface area (Å²) in [7, 11) is 0. The molecular weight excluding hydrogens is 332 g/mol. The third kappa shape index (κ3) is 3.59. The summed E-state index contributed by atoms with van der Waals surface area (Å²) in [6.07, 6.45) is 2.01. The first-order chi connectivity index (χ1) is 12.3. The number of H-pyrrole nitrogens is 1. The Hall–Kier alpha value is -2.99. The maximum Gasteiger partial charge on any atom is 0.226 e. The maximum absolute atomic E-state index is 12.2. The zero-order valence-electron chi connectivity index (χ0n) is 13.4. The van der Waals surface area contributed by atoms with E-state index in [9.17, 15) is 4.79 Å². The molecule has 0 aliphatic heterocycles. The number of hydrogen-bond donors (Lipinski definition) is 2. The fourth-order valence-electron chi connectivity index (χ4n) is 2.64. The Labute approximate surface area is 148 Å². The van der Waals surface area contributed by atoms with Crippen molar-refractivity contribution in [1.82, 2.24) is 20.3 Å². The molecule has 1 amide bonds. The molecule has 3 heterocycles. The van der Waals surface area contributed by atoms with Gasteiger partial charge in [-0.05, 0) is 29.7 Å². The average molecular weight is 348 g/mol. The highest BCUT2D eigenvalue weighted by molar-refractivity contribution is 7.13. The number of hydrogen-bond acceptors (Lipinski definition) is 4. The molecule has 0 radical (unpaired) electrons. The number of rotatable bonds is 5. The van der Waals surface area contributed by atoms with Crippen LogP contribution in [0.5, 0.6) is 0 Å². The Morgan fingerprint density at radius 3 is 2.88 bits per heavy atom. The summed E-state index contributed by atoms with van der Waals surface area (Å²) in [5.74, 6) is -0.0449. The van der Waals surface area contributed by atoms with Gasteiger partial charge in [0, 0.05) is 22.8 Å². The van der Waals surface area contributed by atoms with Crippen LogP contribution >= 0.6 is 11.3 Å². The second kappa shape index (κ2) is 6.86. The molecule has 0 unspecified atom stereocenters. The molecule has 124 valence electrons. The minimum atomic E-state index is -0.0449. The van der Waals surface area contributed by atoms with Crippen molar-refractivity contribution in [3.8, 4) is 10.7 Å². The Balaban J connectivity index is 1.37. The number of para-hydroxylation sites is 1. The van der Waals surface area contributed by atoms with Crippen molar-refractivity contribution in [1.29, 1.82) is 0 Å². The van der Waals surface area contributed by atoms with Gasteiger partial charge in [0.2, 0.25) is 5.91 Å². The fourth-order valence-corrected chi connectivity index (χ4v) is 3.44. The van der Waals surface area contributed by atoms with Crippen LogP contribution in [-0.4, -0.2) is 20.9 Å². The van der Waals surface area contributed by atoms with Gasteiger partial charge in [0.1, 0.15) is 5.01 Å². The molecule has 2 N–H and O–H groups in total. The predicted molar refractivity (Wildman–Crippen MR) is 99.2 cm³/mol. The summed E-state index contributed by atoms with van der Waals surface area (Å²) >= 11 is 1.50. The number of thiazole rings is 1. The zero-order chi connectivity index (χ0) is 17.1. The van der Waals surface area contributed by atoms with Gasteiger partial charge in [-0.2, -0.15) is 0 Å². The summed E-state index contributed by atoms with van der Waals surface area (Å²) in [5, 5.41) is 6.82. The molecule has 6 heteroatoms. The Morgan fingerprint density at radius 1 is 1.16 bits per heavy atom. The fraction of sp³-hybridized carbons (Fsp3) is 0.105. The van der Waals surface area contributed by atoms with Crippen molar-refractivity contribution in [3.05, 3.63) is 71.5 Å². The first-order valence-electron chi connectivity index (χ1n) is 7.97. The number of nitrogens with zero attached hydrogens (tertiary/aromatic N) is 2. The van der Waals surface area contributed by atoms with Gasteiger partial charge in [-0.25, -0.2) is 4.98 Å².